The van der Waals surface area contributed by atoms with Gasteiger partial charge >= 0.3 is 0 Å². The van der Waals surface area contributed by atoms with Gasteiger partial charge in [0.05, 0.1) is 32.7 Å². The first kappa shape index (κ1) is 77.1. The minimum Gasteiger partial charge on any atom is -0.152 e. The minimum atomic E-state index is -0.120. The molecule has 0 N–H and O–H groups in total. The molecule has 10 aromatic carbocycles. The lowest BCUT2D eigenvalue weighted by Gasteiger charge is -2.22. The molecule has 2 aliphatic rings. The fourth-order valence-corrected chi connectivity index (χ4v) is 22.7. The third kappa shape index (κ3) is 22.0. The Labute approximate surface area is 617 Å². The summed E-state index contributed by atoms with van der Waals surface area (Å²) in [5.74, 6) is 6.26. The van der Waals surface area contributed by atoms with Crippen LogP contribution < -0.4 is 0 Å². The summed E-state index contributed by atoms with van der Waals surface area (Å²) in [6.45, 7) is 40.9. The van der Waals surface area contributed by atoms with Gasteiger partial charge in [-0.1, -0.05) is 283 Å². The summed E-state index contributed by atoms with van der Waals surface area (Å²) in [6, 6.07) is 97.8. The van der Waals surface area contributed by atoms with Gasteiger partial charge in [0.15, 0.2) is 49.0 Å². The van der Waals surface area contributed by atoms with Gasteiger partial charge < -0.3 is 0 Å². The van der Waals surface area contributed by atoms with Gasteiger partial charge in [-0.3, -0.25) is 0 Å². The SMILES string of the molecule is CC(C)(C)c1ccc([S+](c2ccc(C(C)(C)C)cc2)c2ccc(C(C)(C)C)cc2)cc1.CC(C)(C)c1ccc([S+](c2ccccc2)c2ccc(C(C)(C)C)cc2)cc1.CC(C)(C)c1ccc([S+]2CCSCC2)cc1.c1ccc([S+](c2ccccc2)c2ccc(C3CCCCC3)cc2)cc1. The van der Waals surface area contributed by atoms with E-state index in [2.05, 4.69) is 397 Å². The largest absolute Gasteiger partial charge is 0.166 e. The minimum absolute atomic E-state index is 0.0278. The van der Waals surface area contributed by atoms with Crippen LogP contribution in [0.15, 0.2) is 310 Å². The van der Waals surface area contributed by atoms with Gasteiger partial charge in [-0.05, 0) is 212 Å². The standard InChI is InChI=1S/C30H39S.C26H31S.C24H25S.C14H21S2/c1-28(2,3)22-10-16-25(17-11-22)31(26-18-12-23(13-19-26)29(4,5)6)27-20-14-24(15-21-27)30(7,8)9;1-25(2,3)20-12-16-23(17-13-20)27(22-10-8-7-9-11-22)24-18-14-21(15-19-24)26(4,5)6;1-4-10-20(11-5-1)21-16-18-24(19-17-21)25(22-12-6-2-7-13-22)23-14-8-3-9-15-23;1-14(2,3)12-4-6-13(7-5-12)16-10-8-15-9-11-16/h10-21H,1-9H3;7-19H,1-6H3;2-3,6-9,12-20H,1,4-5,10-11H2;4-7H,8-11H2,1-3H3/q4*+1. The van der Waals surface area contributed by atoms with E-state index in [1.165, 1.54) is 138 Å². The van der Waals surface area contributed by atoms with Crippen molar-refractivity contribution in [3.8, 4) is 0 Å². The Bertz CT molecular complexity index is 3760. The Morgan fingerprint density at radius 2 is 0.465 bits per heavy atom. The van der Waals surface area contributed by atoms with Crippen LogP contribution in [0.5, 0.6) is 0 Å². The predicted octanol–water partition coefficient (Wildman–Crippen LogP) is 26.6. The average Bonchev–Trinajstić information content (AvgIpc) is 0.819. The summed E-state index contributed by atoms with van der Waals surface area (Å²) in [5.41, 5.74) is 11.0. The van der Waals surface area contributed by atoms with Gasteiger partial charge in [0.2, 0.25) is 0 Å². The molecule has 99 heavy (non-hydrogen) atoms. The summed E-state index contributed by atoms with van der Waals surface area (Å²) in [5, 5.41) is 0. The number of thioether (sulfide) groups is 1. The molecule has 0 amide bonds. The molecule has 1 saturated carbocycles. The zero-order chi connectivity index (χ0) is 71.2. The lowest BCUT2D eigenvalue weighted by molar-refractivity contribution is 0.443. The fraction of sp³-hybridized carbons (Fsp3) is 0.362. The van der Waals surface area contributed by atoms with Crippen molar-refractivity contribution in [2.45, 2.75) is 244 Å². The van der Waals surface area contributed by atoms with Crippen molar-refractivity contribution < 1.29 is 0 Å². The monoisotopic (exact) mass is 1400 g/mol. The zero-order valence-electron chi connectivity index (χ0n) is 63.3. The van der Waals surface area contributed by atoms with E-state index in [0.717, 1.165) is 5.92 Å². The fourth-order valence-electron chi connectivity index (χ4n) is 12.6. The van der Waals surface area contributed by atoms with E-state index in [1.807, 2.05) is 0 Å². The van der Waals surface area contributed by atoms with Gasteiger partial charge in [0, 0.05) is 22.4 Å². The number of rotatable bonds is 11. The molecule has 1 heterocycles. The normalized spacial score (nSPS) is 14.4. The second-order valence-electron chi connectivity index (χ2n) is 32.9. The maximum atomic E-state index is 2.39. The summed E-state index contributed by atoms with van der Waals surface area (Å²) < 4.78 is 0. The predicted molar refractivity (Wildman–Crippen MR) is 442 cm³/mol. The van der Waals surface area contributed by atoms with Crippen LogP contribution in [-0.2, 0) is 76.1 Å². The third-order valence-corrected chi connectivity index (χ3v) is 29.4. The molecule has 518 valence electrons. The molecule has 0 aromatic heterocycles. The second-order valence-corrected chi connectivity index (χ2v) is 42.5. The van der Waals surface area contributed by atoms with E-state index in [1.54, 1.807) is 4.90 Å². The van der Waals surface area contributed by atoms with Gasteiger partial charge in [0.1, 0.15) is 11.5 Å². The summed E-state index contributed by atoms with van der Waals surface area (Å²) in [7, 11) is 0.304. The highest BCUT2D eigenvalue weighted by Gasteiger charge is 2.34. The van der Waals surface area contributed by atoms with Crippen molar-refractivity contribution in [3.05, 3.63) is 300 Å². The van der Waals surface area contributed by atoms with Crippen molar-refractivity contribution >= 4 is 55.3 Å². The Kier molecular flexibility index (Phi) is 26.7. The Balaban J connectivity index is 0.000000157. The molecule has 0 bridgehead atoms. The van der Waals surface area contributed by atoms with Crippen LogP contribution in [0.4, 0.5) is 0 Å². The molecule has 0 nitrogen and oxygen atoms in total. The van der Waals surface area contributed by atoms with Crippen molar-refractivity contribution in [1.29, 1.82) is 0 Å². The maximum Gasteiger partial charge on any atom is 0.166 e. The molecule has 0 spiro atoms. The van der Waals surface area contributed by atoms with Crippen LogP contribution in [-0.4, -0.2) is 23.0 Å². The Morgan fingerprint density at radius 1 is 0.253 bits per heavy atom. The van der Waals surface area contributed by atoms with Crippen LogP contribution in [0, 0.1) is 0 Å². The van der Waals surface area contributed by atoms with Crippen molar-refractivity contribution in [1.82, 2.24) is 0 Å². The van der Waals surface area contributed by atoms with Crippen LogP contribution >= 0.6 is 11.8 Å². The lowest BCUT2D eigenvalue weighted by atomic mass is 9.84. The first-order chi connectivity index (χ1) is 46.9. The second kappa shape index (κ2) is 34.3. The molecule has 1 saturated heterocycles. The lowest BCUT2D eigenvalue weighted by Crippen LogP contribution is -2.21. The molecule has 0 unspecified atom stereocenters. The van der Waals surface area contributed by atoms with Crippen molar-refractivity contribution in [2.75, 3.05) is 23.0 Å². The van der Waals surface area contributed by atoms with Crippen molar-refractivity contribution in [2.24, 2.45) is 0 Å². The first-order valence-electron chi connectivity index (χ1n) is 36.3. The molecule has 5 heteroatoms. The average molecular weight is 1410 g/mol. The highest BCUT2D eigenvalue weighted by atomic mass is 32.2. The van der Waals surface area contributed by atoms with Gasteiger partial charge in [-0.15, -0.1) is 0 Å². The zero-order valence-corrected chi connectivity index (χ0v) is 67.4. The smallest absolute Gasteiger partial charge is 0.152 e. The quantitative estimate of drug-likeness (QED) is 0.116. The number of hydrogen-bond acceptors (Lipinski definition) is 1. The van der Waals surface area contributed by atoms with E-state index in [9.17, 15) is 0 Å². The van der Waals surface area contributed by atoms with E-state index in [0.29, 0.717) is 10.9 Å². The van der Waals surface area contributed by atoms with Crippen molar-refractivity contribution in [3.63, 3.8) is 0 Å². The highest BCUT2D eigenvalue weighted by molar-refractivity contribution is 8.05. The third-order valence-electron chi connectivity index (χ3n) is 18.9. The molecule has 10 aromatic rings. The van der Waals surface area contributed by atoms with E-state index < -0.39 is 0 Å². The van der Waals surface area contributed by atoms with E-state index in [-0.39, 0.29) is 65.2 Å². The number of benzene rings is 10. The summed E-state index contributed by atoms with van der Waals surface area (Å²) >= 11 is 2.11. The summed E-state index contributed by atoms with van der Waals surface area (Å²) in [6.07, 6.45) is 6.93. The molecule has 0 radical (unpaired) electrons. The van der Waals surface area contributed by atoms with Gasteiger partial charge in [-0.2, -0.15) is 11.8 Å². The molecule has 1 aliphatic carbocycles. The molecular formula is C94H116S5+4. The Hall–Kier alpha value is -6.05. The molecule has 0 atom stereocenters. The van der Waals surface area contributed by atoms with Crippen LogP contribution in [0.1, 0.15) is 202 Å². The van der Waals surface area contributed by atoms with E-state index in [4.69, 9.17) is 0 Å². The molecule has 1 aliphatic heterocycles. The first-order valence-corrected chi connectivity index (χ1v) is 42.7. The summed E-state index contributed by atoms with van der Waals surface area (Å²) in [4.78, 5) is 14.0. The molecule has 2 fully saturated rings. The van der Waals surface area contributed by atoms with Gasteiger partial charge in [-0.25, -0.2) is 0 Å². The Morgan fingerprint density at radius 3 is 0.697 bits per heavy atom. The number of hydrogen-bond donors (Lipinski definition) is 0. The molecular weight excluding hydrogens is 1290 g/mol. The van der Waals surface area contributed by atoms with E-state index >= 15 is 0 Å². The van der Waals surface area contributed by atoms with Gasteiger partial charge in [0.25, 0.3) is 0 Å². The van der Waals surface area contributed by atoms with Crippen LogP contribution in [0.25, 0.3) is 0 Å². The topological polar surface area (TPSA) is 0 Å². The van der Waals surface area contributed by atoms with Crippen LogP contribution in [0.3, 0.4) is 0 Å². The van der Waals surface area contributed by atoms with Crippen LogP contribution in [0.2, 0.25) is 0 Å². The molecule has 12 rings (SSSR count). The highest BCUT2D eigenvalue weighted by Crippen LogP contribution is 2.40. The maximum absolute atomic E-state index is 2.39.